The van der Waals surface area contributed by atoms with Crippen LogP contribution in [-0.4, -0.2) is 27.3 Å². The molecule has 2 aromatic rings. The zero-order valence-corrected chi connectivity index (χ0v) is 13.5. The largest absolute Gasteiger partial charge is 0.338 e. The number of halogens is 1. The summed E-state index contributed by atoms with van der Waals surface area (Å²) < 4.78 is 1.78. The van der Waals surface area contributed by atoms with E-state index in [0.29, 0.717) is 12.4 Å². The summed E-state index contributed by atoms with van der Waals surface area (Å²) in [6, 6.07) is 7.33. The van der Waals surface area contributed by atoms with Crippen LogP contribution in [0.15, 0.2) is 30.6 Å². The number of amides is 2. The number of aryl methyl sites for hydroxylation is 2. The second-order valence-corrected chi connectivity index (χ2v) is 5.52. The van der Waals surface area contributed by atoms with Gasteiger partial charge in [-0.1, -0.05) is 29.8 Å². The quantitative estimate of drug-likeness (QED) is 0.803. The first-order valence-electron chi connectivity index (χ1n) is 7.19. The molecule has 0 radical (unpaired) electrons. The molecule has 0 bridgehead atoms. The smallest absolute Gasteiger partial charge is 0.315 e. The highest BCUT2D eigenvalue weighted by molar-refractivity contribution is 6.31. The highest BCUT2D eigenvalue weighted by atomic mass is 35.5. The van der Waals surface area contributed by atoms with Gasteiger partial charge in [-0.3, -0.25) is 0 Å². The van der Waals surface area contributed by atoms with E-state index in [1.54, 1.807) is 10.9 Å². The van der Waals surface area contributed by atoms with Crippen LogP contribution in [0.3, 0.4) is 0 Å². The minimum absolute atomic E-state index is 0.198. The maximum absolute atomic E-state index is 11.8. The van der Waals surface area contributed by atoms with Crippen molar-refractivity contribution in [3.8, 4) is 0 Å². The van der Waals surface area contributed by atoms with E-state index >= 15 is 0 Å². The van der Waals surface area contributed by atoms with Crippen LogP contribution in [0.1, 0.15) is 30.8 Å². The van der Waals surface area contributed by atoms with E-state index in [0.717, 1.165) is 23.4 Å². The molecule has 1 aromatic carbocycles. The maximum atomic E-state index is 11.8. The van der Waals surface area contributed by atoms with Gasteiger partial charge in [0.25, 0.3) is 0 Å². The van der Waals surface area contributed by atoms with Gasteiger partial charge < -0.3 is 15.2 Å². The fourth-order valence-corrected chi connectivity index (χ4v) is 2.41. The zero-order chi connectivity index (χ0) is 15.9. The van der Waals surface area contributed by atoms with Gasteiger partial charge in [0.1, 0.15) is 6.33 Å². The average Bonchev–Trinajstić information content (AvgIpc) is 2.91. The molecule has 0 aliphatic heterocycles. The molecule has 7 heteroatoms. The van der Waals surface area contributed by atoms with Crippen LogP contribution in [0.5, 0.6) is 0 Å². The third kappa shape index (κ3) is 4.46. The SMILES string of the molecule is C[C@H](NC(=O)NCCCc1ccccc1Cl)c1nncn1C. The normalized spacial score (nSPS) is 12.0. The lowest BCUT2D eigenvalue weighted by molar-refractivity contribution is 0.237. The van der Waals surface area contributed by atoms with Gasteiger partial charge in [-0.2, -0.15) is 0 Å². The Kier molecular flexibility index (Phi) is 5.77. The van der Waals surface area contributed by atoms with Crippen molar-refractivity contribution in [2.75, 3.05) is 6.54 Å². The molecule has 1 aromatic heterocycles. The lowest BCUT2D eigenvalue weighted by Crippen LogP contribution is -2.38. The first-order valence-corrected chi connectivity index (χ1v) is 7.57. The van der Waals surface area contributed by atoms with Crippen molar-refractivity contribution in [2.45, 2.75) is 25.8 Å². The van der Waals surface area contributed by atoms with Crippen LogP contribution in [0.2, 0.25) is 5.02 Å². The summed E-state index contributed by atoms with van der Waals surface area (Å²) in [5.74, 6) is 0.714. The van der Waals surface area contributed by atoms with Crippen molar-refractivity contribution >= 4 is 17.6 Å². The number of carbonyl (C=O) groups excluding carboxylic acids is 1. The summed E-state index contributed by atoms with van der Waals surface area (Å²) in [4.78, 5) is 11.8. The Hall–Kier alpha value is -2.08. The lowest BCUT2D eigenvalue weighted by atomic mass is 10.1. The Morgan fingerprint density at radius 3 is 2.86 bits per heavy atom. The van der Waals surface area contributed by atoms with Gasteiger partial charge in [0, 0.05) is 18.6 Å². The maximum Gasteiger partial charge on any atom is 0.315 e. The standard InChI is InChI=1S/C15H20ClN5O/c1-11(14-20-18-10-21(14)2)19-15(22)17-9-5-7-12-6-3-4-8-13(12)16/h3-4,6,8,10-11H,5,7,9H2,1-2H3,(H2,17,19,22)/t11-/m0/s1. The van der Waals surface area contributed by atoms with E-state index in [-0.39, 0.29) is 12.1 Å². The summed E-state index contributed by atoms with van der Waals surface area (Å²) in [6.45, 7) is 2.45. The Bertz CT molecular complexity index is 628. The lowest BCUT2D eigenvalue weighted by Gasteiger charge is -2.13. The molecule has 0 saturated carbocycles. The van der Waals surface area contributed by atoms with E-state index in [1.807, 2.05) is 38.2 Å². The second-order valence-electron chi connectivity index (χ2n) is 5.12. The van der Waals surface area contributed by atoms with Crippen LogP contribution in [0, 0.1) is 0 Å². The zero-order valence-electron chi connectivity index (χ0n) is 12.7. The van der Waals surface area contributed by atoms with Gasteiger partial charge in [0.2, 0.25) is 0 Å². The highest BCUT2D eigenvalue weighted by Gasteiger charge is 2.13. The summed E-state index contributed by atoms with van der Waals surface area (Å²) in [5.41, 5.74) is 1.10. The van der Waals surface area contributed by atoms with Gasteiger partial charge in [-0.05, 0) is 31.4 Å². The van der Waals surface area contributed by atoms with Gasteiger partial charge >= 0.3 is 6.03 Å². The average molecular weight is 322 g/mol. The van der Waals surface area contributed by atoms with E-state index in [2.05, 4.69) is 20.8 Å². The third-order valence-electron chi connectivity index (χ3n) is 3.35. The van der Waals surface area contributed by atoms with Crippen molar-refractivity contribution in [3.63, 3.8) is 0 Å². The fourth-order valence-electron chi connectivity index (χ4n) is 2.18. The number of nitrogens with one attached hydrogen (secondary N) is 2. The van der Waals surface area contributed by atoms with E-state index in [4.69, 9.17) is 11.6 Å². The molecule has 0 fully saturated rings. The Balaban J connectivity index is 1.70. The number of carbonyl (C=O) groups is 1. The fraction of sp³-hybridized carbons (Fsp3) is 0.400. The number of hydrogen-bond donors (Lipinski definition) is 2. The first kappa shape index (κ1) is 16.3. The minimum Gasteiger partial charge on any atom is -0.338 e. The summed E-state index contributed by atoms with van der Waals surface area (Å²) in [6.07, 6.45) is 3.27. The van der Waals surface area contributed by atoms with Crippen molar-refractivity contribution < 1.29 is 4.79 Å². The molecule has 0 aliphatic carbocycles. The van der Waals surface area contributed by atoms with Gasteiger partial charge in [0.15, 0.2) is 5.82 Å². The monoisotopic (exact) mass is 321 g/mol. The van der Waals surface area contributed by atoms with Crippen LogP contribution in [0.4, 0.5) is 4.79 Å². The molecule has 0 spiro atoms. The van der Waals surface area contributed by atoms with Gasteiger partial charge in [-0.15, -0.1) is 10.2 Å². The molecular weight excluding hydrogens is 302 g/mol. The number of benzene rings is 1. The van der Waals surface area contributed by atoms with Crippen molar-refractivity contribution in [1.29, 1.82) is 0 Å². The van der Waals surface area contributed by atoms with Gasteiger partial charge in [-0.25, -0.2) is 4.79 Å². The second kappa shape index (κ2) is 7.79. The molecule has 0 saturated heterocycles. The molecule has 22 heavy (non-hydrogen) atoms. The van der Waals surface area contributed by atoms with E-state index in [1.165, 1.54) is 0 Å². The molecule has 118 valence electrons. The number of hydrogen-bond acceptors (Lipinski definition) is 3. The third-order valence-corrected chi connectivity index (χ3v) is 3.72. The van der Waals surface area contributed by atoms with Crippen molar-refractivity contribution in [3.05, 3.63) is 47.0 Å². The predicted molar refractivity (Wildman–Crippen MR) is 85.7 cm³/mol. The number of urea groups is 1. The molecule has 1 atom stereocenters. The van der Waals surface area contributed by atoms with Crippen LogP contribution in [-0.2, 0) is 13.5 Å². The molecule has 2 amide bonds. The molecule has 6 nitrogen and oxygen atoms in total. The van der Waals surface area contributed by atoms with E-state index in [9.17, 15) is 4.79 Å². The predicted octanol–water partition coefficient (Wildman–Crippen LogP) is 2.46. The Morgan fingerprint density at radius 1 is 1.41 bits per heavy atom. The summed E-state index contributed by atoms with van der Waals surface area (Å²) >= 11 is 6.09. The number of rotatable bonds is 6. The van der Waals surface area contributed by atoms with Crippen molar-refractivity contribution in [2.24, 2.45) is 7.05 Å². The number of nitrogens with zero attached hydrogens (tertiary/aromatic N) is 3. The van der Waals surface area contributed by atoms with Crippen LogP contribution in [0.25, 0.3) is 0 Å². The molecule has 2 N–H and O–H groups in total. The molecule has 0 aliphatic rings. The van der Waals surface area contributed by atoms with E-state index < -0.39 is 0 Å². The number of aromatic nitrogens is 3. The summed E-state index contributed by atoms with van der Waals surface area (Å²) in [7, 11) is 1.84. The minimum atomic E-state index is -0.213. The van der Waals surface area contributed by atoms with Gasteiger partial charge in [0.05, 0.1) is 6.04 Å². The first-order chi connectivity index (χ1) is 10.6. The molecule has 2 rings (SSSR count). The van der Waals surface area contributed by atoms with Crippen LogP contribution >= 0.6 is 11.6 Å². The van der Waals surface area contributed by atoms with Crippen LogP contribution < -0.4 is 10.6 Å². The summed E-state index contributed by atoms with van der Waals surface area (Å²) in [5, 5.41) is 14.2. The molecular formula is C15H20ClN5O. The Labute approximate surface area is 134 Å². The topological polar surface area (TPSA) is 71.8 Å². The molecule has 1 heterocycles. The Morgan fingerprint density at radius 2 is 2.18 bits per heavy atom. The molecule has 0 unspecified atom stereocenters. The van der Waals surface area contributed by atoms with Crippen molar-refractivity contribution in [1.82, 2.24) is 25.4 Å². The highest BCUT2D eigenvalue weighted by Crippen LogP contribution is 2.16.